The predicted octanol–water partition coefficient (Wildman–Crippen LogP) is 2.80. The maximum Gasteiger partial charge on any atom is 0.311 e. The van der Waals surface area contributed by atoms with Crippen molar-refractivity contribution in [2.75, 3.05) is 23.4 Å². The first-order valence-corrected chi connectivity index (χ1v) is 8.13. The number of hydrogen-bond acceptors (Lipinski definition) is 6. The lowest BCUT2D eigenvalue weighted by atomic mass is 10.3. The summed E-state index contributed by atoms with van der Waals surface area (Å²) < 4.78 is 4.89. The smallest absolute Gasteiger partial charge is 0.311 e. The Hall–Kier alpha value is -0.750. The Morgan fingerprint density at radius 3 is 3.06 bits per heavy atom. The van der Waals surface area contributed by atoms with E-state index in [-0.39, 0.29) is 12.4 Å². The number of esters is 1. The predicted molar refractivity (Wildman–Crippen MR) is 78.5 cm³/mol. The Morgan fingerprint density at radius 1 is 1.61 bits per heavy atom. The number of nitrogens with one attached hydrogen (secondary N) is 1. The van der Waals surface area contributed by atoms with Crippen molar-refractivity contribution in [3.8, 4) is 0 Å². The maximum atomic E-state index is 11.3. The van der Waals surface area contributed by atoms with E-state index in [0.29, 0.717) is 12.6 Å². The van der Waals surface area contributed by atoms with Crippen LogP contribution in [0.2, 0.25) is 0 Å². The van der Waals surface area contributed by atoms with Crippen molar-refractivity contribution in [2.45, 2.75) is 33.2 Å². The molecule has 4 nitrogen and oxygen atoms in total. The van der Waals surface area contributed by atoms with Gasteiger partial charge in [-0.2, -0.15) is 11.8 Å². The van der Waals surface area contributed by atoms with Gasteiger partial charge < -0.3 is 10.1 Å². The lowest BCUT2D eigenvalue weighted by molar-refractivity contribution is -0.142. The van der Waals surface area contributed by atoms with E-state index in [0.717, 1.165) is 22.3 Å². The van der Waals surface area contributed by atoms with E-state index < -0.39 is 0 Å². The molecule has 6 heteroatoms. The van der Waals surface area contributed by atoms with E-state index in [2.05, 4.69) is 24.1 Å². The van der Waals surface area contributed by atoms with Crippen LogP contribution in [0.3, 0.4) is 0 Å². The summed E-state index contributed by atoms with van der Waals surface area (Å²) in [5.74, 6) is 1.96. The number of hydrogen-bond donors (Lipinski definition) is 1. The number of rotatable bonds is 8. The van der Waals surface area contributed by atoms with E-state index in [1.54, 1.807) is 6.92 Å². The van der Waals surface area contributed by atoms with Gasteiger partial charge in [-0.3, -0.25) is 4.79 Å². The van der Waals surface area contributed by atoms with Crippen LogP contribution in [0.15, 0.2) is 5.38 Å². The van der Waals surface area contributed by atoms with E-state index in [9.17, 15) is 4.79 Å². The minimum Gasteiger partial charge on any atom is -0.466 e. The lowest BCUT2D eigenvalue weighted by Gasteiger charge is -2.11. The van der Waals surface area contributed by atoms with Crippen LogP contribution >= 0.6 is 23.1 Å². The second-order valence-corrected chi connectivity index (χ2v) is 6.01. The van der Waals surface area contributed by atoms with Gasteiger partial charge in [0.2, 0.25) is 0 Å². The third kappa shape index (κ3) is 5.73. The lowest BCUT2D eigenvalue weighted by Crippen LogP contribution is -2.18. The average Bonchev–Trinajstić information content (AvgIpc) is 2.74. The van der Waals surface area contributed by atoms with Crippen molar-refractivity contribution >= 4 is 34.2 Å². The van der Waals surface area contributed by atoms with Crippen LogP contribution in [0, 0.1) is 0 Å². The quantitative estimate of drug-likeness (QED) is 0.745. The van der Waals surface area contributed by atoms with Crippen LogP contribution in [0.1, 0.15) is 26.5 Å². The Kier molecular flexibility index (Phi) is 7.12. The van der Waals surface area contributed by atoms with Crippen molar-refractivity contribution in [3.63, 3.8) is 0 Å². The number of anilines is 1. The summed E-state index contributed by atoms with van der Waals surface area (Å²) in [5, 5.41) is 6.11. The number of ether oxygens (including phenoxy) is 1. The Labute approximate surface area is 117 Å². The molecule has 0 aliphatic rings. The largest absolute Gasteiger partial charge is 0.466 e. The Morgan fingerprint density at radius 2 is 2.39 bits per heavy atom. The monoisotopic (exact) mass is 288 g/mol. The molecule has 0 aliphatic heterocycles. The van der Waals surface area contributed by atoms with Crippen LogP contribution in [0.25, 0.3) is 0 Å². The zero-order valence-corrected chi connectivity index (χ0v) is 12.7. The zero-order chi connectivity index (χ0) is 13.4. The highest BCUT2D eigenvalue weighted by Gasteiger charge is 2.09. The fourth-order valence-electron chi connectivity index (χ4n) is 1.36. The molecule has 0 radical (unpaired) electrons. The highest BCUT2D eigenvalue weighted by Crippen LogP contribution is 2.18. The second-order valence-electron chi connectivity index (χ2n) is 3.83. The summed E-state index contributed by atoms with van der Waals surface area (Å²) in [6.07, 6.45) is 0.254. The molecule has 1 aromatic heterocycles. The minimum atomic E-state index is -0.219. The van der Waals surface area contributed by atoms with Crippen LogP contribution in [0.5, 0.6) is 0 Å². The highest BCUT2D eigenvalue weighted by molar-refractivity contribution is 7.99. The topological polar surface area (TPSA) is 51.2 Å². The summed E-state index contributed by atoms with van der Waals surface area (Å²) in [7, 11) is 0. The normalized spacial score (nSPS) is 12.2. The number of carbonyl (C=O) groups excluding carboxylic acids is 1. The van der Waals surface area contributed by atoms with Crippen LogP contribution in [0.4, 0.5) is 5.13 Å². The first-order valence-electron chi connectivity index (χ1n) is 6.10. The highest BCUT2D eigenvalue weighted by atomic mass is 32.2. The Bertz CT molecular complexity index is 369. The summed E-state index contributed by atoms with van der Waals surface area (Å²) >= 11 is 3.43. The van der Waals surface area contributed by atoms with E-state index >= 15 is 0 Å². The molecule has 1 N–H and O–H groups in total. The molecule has 0 fully saturated rings. The minimum absolute atomic E-state index is 0.219. The number of aromatic nitrogens is 1. The van der Waals surface area contributed by atoms with Gasteiger partial charge in [-0.15, -0.1) is 11.3 Å². The van der Waals surface area contributed by atoms with Crippen molar-refractivity contribution in [2.24, 2.45) is 0 Å². The standard InChI is InChI=1S/C12H20N2O2S2/c1-4-16-11(15)6-10-8-18-12(14-10)13-9(3)7-17-5-2/h8-9H,4-7H2,1-3H3,(H,13,14). The van der Waals surface area contributed by atoms with E-state index in [1.165, 1.54) is 11.3 Å². The van der Waals surface area contributed by atoms with Gasteiger partial charge >= 0.3 is 5.97 Å². The molecular weight excluding hydrogens is 268 g/mol. The average molecular weight is 288 g/mol. The van der Waals surface area contributed by atoms with Crippen LogP contribution in [-0.2, 0) is 16.0 Å². The molecule has 0 aromatic carbocycles. The molecule has 0 aliphatic carbocycles. The molecule has 1 heterocycles. The van der Waals surface area contributed by atoms with E-state index in [4.69, 9.17) is 4.74 Å². The van der Waals surface area contributed by atoms with Gasteiger partial charge in [0.05, 0.1) is 18.7 Å². The number of thiazole rings is 1. The third-order valence-corrected chi connectivity index (χ3v) is 4.09. The molecule has 18 heavy (non-hydrogen) atoms. The number of carbonyl (C=O) groups is 1. The maximum absolute atomic E-state index is 11.3. The molecule has 0 bridgehead atoms. The van der Waals surface area contributed by atoms with Crippen molar-refractivity contribution < 1.29 is 9.53 Å². The summed E-state index contributed by atoms with van der Waals surface area (Å²) in [5.41, 5.74) is 0.774. The second kappa shape index (κ2) is 8.37. The first-order chi connectivity index (χ1) is 8.65. The van der Waals surface area contributed by atoms with Gasteiger partial charge in [-0.1, -0.05) is 6.92 Å². The van der Waals surface area contributed by atoms with Gasteiger partial charge in [0.15, 0.2) is 5.13 Å². The molecule has 0 amide bonds. The van der Waals surface area contributed by atoms with E-state index in [1.807, 2.05) is 17.1 Å². The Balaban J connectivity index is 2.40. The van der Waals surface area contributed by atoms with Gasteiger partial charge in [0.1, 0.15) is 0 Å². The van der Waals surface area contributed by atoms with Crippen LogP contribution in [-0.4, -0.2) is 35.1 Å². The fourth-order valence-corrected chi connectivity index (χ4v) is 2.86. The molecule has 1 atom stereocenters. The number of nitrogens with zero attached hydrogens (tertiary/aromatic N) is 1. The summed E-state index contributed by atoms with van der Waals surface area (Å²) in [6.45, 7) is 6.51. The summed E-state index contributed by atoms with van der Waals surface area (Å²) in [6, 6.07) is 0.386. The van der Waals surface area contributed by atoms with Gasteiger partial charge in [0, 0.05) is 17.2 Å². The molecule has 1 aromatic rings. The summed E-state index contributed by atoms with van der Waals surface area (Å²) in [4.78, 5) is 15.7. The molecule has 0 saturated carbocycles. The SMILES string of the molecule is CCOC(=O)Cc1csc(NC(C)CSCC)n1. The van der Waals surface area contributed by atoms with Gasteiger partial charge in [-0.05, 0) is 19.6 Å². The molecule has 102 valence electrons. The van der Waals surface area contributed by atoms with Crippen molar-refractivity contribution in [1.82, 2.24) is 4.98 Å². The molecular formula is C12H20N2O2S2. The van der Waals surface area contributed by atoms with Gasteiger partial charge in [-0.25, -0.2) is 4.98 Å². The van der Waals surface area contributed by atoms with Crippen molar-refractivity contribution in [3.05, 3.63) is 11.1 Å². The zero-order valence-electron chi connectivity index (χ0n) is 11.1. The van der Waals surface area contributed by atoms with Crippen LogP contribution < -0.4 is 5.32 Å². The fraction of sp³-hybridized carbons (Fsp3) is 0.667. The molecule has 1 unspecified atom stereocenters. The molecule has 0 spiro atoms. The third-order valence-electron chi connectivity index (χ3n) is 2.12. The molecule has 0 saturated heterocycles. The van der Waals surface area contributed by atoms with Crippen molar-refractivity contribution in [1.29, 1.82) is 0 Å². The first kappa shape index (κ1) is 15.3. The molecule has 1 rings (SSSR count). The van der Waals surface area contributed by atoms with Gasteiger partial charge in [0.25, 0.3) is 0 Å². The number of thioether (sulfide) groups is 1.